The van der Waals surface area contributed by atoms with E-state index in [0.717, 1.165) is 6.42 Å². The van der Waals surface area contributed by atoms with Crippen molar-refractivity contribution in [3.63, 3.8) is 0 Å². The molecule has 1 nitrogen and oxygen atoms in total. The quantitative estimate of drug-likeness (QED) is 0.672. The number of nitrogens with zero attached hydrogens (tertiary/aromatic N) is 1. The number of likely N-dealkylation sites (tertiary alicyclic amines) is 1. The molecule has 96 valence electrons. The Bertz CT molecular complexity index is 229. The van der Waals surface area contributed by atoms with Crippen molar-refractivity contribution in [2.24, 2.45) is 11.3 Å². The van der Waals surface area contributed by atoms with Crippen molar-refractivity contribution in [2.45, 2.75) is 52.3 Å². The van der Waals surface area contributed by atoms with E-state index in [-0.39, 0.29) is 11.8 Å². The molecule has 2 atom stereocenters. The molecule has 0 amide bonds. The van der Waals surface area contributed by atoms with Crippen LogP contribution in [0.15, 0.2) is 0 Å². The van der Waals surface area contributed by atoms with E-state index in [1.54, 1.807) is 7.05 Å². The SMILES string of the molecule is CN1C[C@@H](CC(C)(C)C)CC[C@@H]1C(F)(F)F. The highest BCUT2D eigenvalue weighted by Crippen LogP contribution is 2.36. The van der Waals surface area contributed by atoms with Gasteiger partial charge < -0.3 is 0 Å². The first-order valence-electron chi connectivity index (χ1n) is 5.86. The molecule has 0 aromatic heterocycles. The van der Waals surface area contributed by atoms with Crippen LogP contribution in [0.3, 0.4) is 0 Å². The van der Waals surface area contributed by atoms with E-state index in [9.17, 15) is 13.2 Å². The van der Waals surface area contributed by atoms with Gasteiger partial charge in [0.15, 0.2) is 0 Å². The average molecular weight is 237 g/mol. The zero-order chi connectivity index (χ0) is 12.6. The molecule has 1 rings (SSSR count). The van der Waals surface area contributed by atoms with E-state index in [1.165, 1.54) is 4.90 Å². The third-order valence-electron chi connectivity index (χ3n) is 3.21. The normalized spacial score (nSPS) is 29.4. The molecule has 0 N–H and O–H groups in total. The van der Waals surface area contributed by atoms with Crippen molar-refractivity contribution in [2.75, 3.05) is 13.6 Å². The summed E-state index contributed by atoms with van der Waals surface area (Å²) in [6.07, 6.45) is -2.12. The van der Waals surface area contributed by atoms with Crippen LogP contribution in [0.25, 0.3) is 0 Å². The number of piperidine rings is 1. The minimum absolute atomic E-state index is 0.205. The van der Waals surface area contributed by atoms with Gasteiger partial charge in [-0.05, 0) is 37.6 Å². The molecular weight excluding hydrogens is 215 g/mol. The highest BCUT2D eigenvalue weighted by atomic mass is 19.4. The van der Waals surface area contributed by atoms with Gasteiger partial charge in [-0.3, -0.25) is 4.90 Å². The Kier molecular flexibility index (Phi) is 3.93. The Morgan fingerprint density at radius 2 is 1.69 bits per heavy atom. The first kappa shape index (κ1) is 13.8. The van der Waals surface area contributed by atoms with Crippen molar-refractivity contribution in [3.8, 4) is 0 Å². The fraction of sp³-hybridized carbons (Fsp3) is 1.00. The van der Waals surface area contributed by atoms with Crippen LogP contribution >= 0.6 is 0 Å². The highest BCUT2D eigenvalue weighted by Gasteiger charge is 2.44. The zero-order valence-electron chi connectivity index (χ0n) is 10.6. The number of halogens is 3. The standard InChI is InChI=1S/C12H22F3N/c1-11(2,3)7-9-5-6-10(12(13,14)15)16(4)8-9/h9-10H,5-8H2,1-4H3/t9-,10-/m1/s1. The minimum Gasteiger partial charge on any atom is -0.295 e. The average Bonchev–Trinajstić information content (AvgIpc) is 1.97. The molecule has 0 radical (unpaired) electrons. The maximum Gasteiger partial charge on any atom is 0.404 e. The van der Waals surface area contributed by atoms with Gasteiger partial charge in [0.25, 0.3) is 0 Å². The first-order chi connectivity index (χ1) is 7.09. The van der Waals surface area contributed by atoms with Crippen molar-refractivity contribution < 1.29 is 13.2 Å². The van der Waals surface area contributed by atoms with E-state index in [2.05, 4.69) is 20.8 Å². The Morgan fingerprint density at radius 3 is 2.06 bits per heavy atom. The summed E-state index contributed by atoms with van der Waals surface area (Å²) >= 11 is 0. The summed E-state index contributed by atoms with van der Waals surface area (Å²) in [5, 5.41) is 0. The predicted molar refractivity (Wildman–Crippen MR) is 59.3 cm³/mol. The van der Waals surface area contributed by atoms with Crippen molar-refractivity contribution >= 4 is 0 Å². The molecule has 0 aromatic carbocycles. The summed E-state index contributed by atoms with van der Waals surface area (Å²) in [4.78, 5) is 1.47. The Hall–Kier alpha value is -0.250. The van der Waals surface area contributed by atoms with E-state index >= 15 is 0 Å². The zero-order valence-corrected chi connectivity index (χ0v) is 10.6. The second kappa shape index (κ2) is 4.55. The van der Waals surface area contributed by atoms with Crippen molar-refractivity contribution in [3.05, 3.63) is 0 Å². The second-order valence-corrected chi connectivity index (χ2v) is 6.21. The third kappa shape index (κ3) is 3.96. The Labute approximate surface area is 96.0 Å². The summed E-state index contributed by atoms with van der Waals surface area (Å²) in [6.45, 7) is 7.00. The van der Waals surface area contributed by atoms with Crippen LogP contribution in [0.2, 0.25) is 0 Å². The summed E-state index contributed by atoms with van der Waals surface area (Å²) in [5.41, 5.74) is 0.205. The summed E-state index contributed by atoms with van der Waals surface area (Å²) in [6, 6.07) is -1.23. The maximum absolute atomic E-state index is 12.6. The van der Waals surface area contributed by atoms with Crippen LogP contribution in [-0.2, 0) is 0 Å². The van der Waals surface area contributed by atoms with Crippen LogP contribution < -0.4 is 0 Å². The minimum atomic E-state index is -4.07. The lowest BCUT2D eigenvalue weighted by atomic mass is 9.80. The molecular formula is C12H22F3N. The molecule has 0 aromatic rings. The van der Waals surface area contributed by atoms with Gasteiger partial charge in [0.1, 0.15) is 6.04 Å². The number of hydrogen-bond acceptors (Lipinski definition) is 1. The van der Waals surface area contributed by atoms with Gasteiger partial charge in [-0.25, -0.2) is 0 Å². The van der Waals surface area contributed by atoms with E-state index in [4.69, 9.17) is 0 Å². The number of alkyl halides is 3. The number of rotatable bonds is 1. The molecule has 1 heterocycles. The molecule has 1 aliphatic rings. The largest absolute Gasteiger partial charge is 0.404 e. The van der Waals surface area contributed by atoms with Gasteiger partial charge in [0.05, 0.1) is 0 Å². The Balaban J connectivity index is 2.52. The van der Waals surface area contributed by atoms with Crippen LogP contribution in [0, 0.1) is 11.3 Å². The fourth-order valence-corrected chi connectivity index (χ4v) is 2.69. The van der Waals surface area contributed by atoms with Gasteiger partial charge in [0.2, 0.25) is 0 Å². The van der Waals surface area contributed by atoms with Crippen LogP contribution in [-0.4, -0.2) is 30.7 Å². The highest BCUT2D eigenvalue weighted by molar-refractivity contribution is 4.85. The van der Waals surface area contributed by atoms with Crippen molar-refractivity contribution in [1.29, 1.82) is 0 Å². The van der Waals surface area contributed by atoms with Gasteiger partial charge in [-0.1, -0.05) is 20.8 Å². The van der Waals surface area contributed by atoms with E-state index < -0.39 is 12.2 Å². The topological polar surface area (TPSA) is 3.24 Å². The molecule has 0 aliphatic carbocycles. The van der Waals surface area contributed by atoms with Gasteiger partial charge >= 0.3 is 6.18 Å². The molecule has 1 aliphatic heterocycles. The van der Waals surface area contributed by atoms with Gasteiger partial charge in [-0.15, -0.1) is 0 Å². The first-order valence-corrected chi connectivity index (χ1v) is 5.86. The molecule has 16 heavy (non-hydrogen) atoms. The molecule has 0 saturated carbocycles. The van der Waals surface area contributed by atoms with Crippen LogP contribution in [0.5, 0.6) is 0 Å². The monoisotopic (exact) mass is 237 g/mol. The lowest BCUT2D eigenvalue weighted by Gasteiger charge is -2.39. The Morgan fingerprint density at radius 1 is 1.12 bits per heavy atom. The fourth-order valence-electron chi connectivity index (χ4n) is 2.69. The summed E-state index contributed by atoms with van der Waals surface area (Å²) in [7, 11) is 1.59. The molecule has 1 saturated heterocycles. The van der Waals surface area contributed by atoms with Gasteiger partial charge in [-0.2, -0.15) is 13.2 Å². The lowest BCUT2D eigenvalue weighted by Crippen LogP contribution is -2.49. The predicted octanol–water partition coefficient (Wildman–Crippen LogP) is 3.70. The third-order valence-corrected chi connectivity index (χ3v) is 3.21. The molecule has 1 fully saturated rings. The smallest absolute Gasteiger partial charge is 0.295 e. The molecule has 0 bridgehead atoms. The van der Waals surface area contributed by atoms with Crippen molar-refractivity contribution in [1.82, 2.24) is 4.90 Å². The van der Waals surface area contributed by atoms with Crippen LogP contribution in [0.4, 0.5) is 13.2 Å². The molecule has 0 unspecified atom stereocenters. The second-order valence-electron chi connectivity index (χ2n) is 6.21. The molecule has 0 spiro atoms. The number of hydrogen-bond donors (Lipinski definition) is 0. The lowest BCUT2D eigenvalue weighted by molar-refractivity contribution is -0.191. The summed E-state index contributed by atoms with van der Waals surface area (Å²) < 4.78 is 37.8. The van der Waals surface area contributed by atoms with Gasteiger partial charge in [0, 0.05) is 6.54 Å². The maximum atomic E-state index is 12.6. The molecule has 4 heteroatoms. The van der Waals surface area contributed by atoms with Crippen LogP contribution in [0.1, 0.15) is 40.0 Å². The van der Waals surface area contributed by atoms with E-state index in [0.29, 0.717) is 18.9 Å². The summed E-state index contributed by atoms with van der Waals surface area (Å²) in [5.74, 6) is 0.406. The van der Waals surface area contributed by atoms with E-state index in [1.807, 2.05) is 0 Å².